The van der Waals surface area contributed by atoms with Crippen LogP contribution < -0.4 is 14.8 Å². The Morgan fingerprint density at radius 2 is 1.92 bits per heavy atom. The third-order valence-electron chi connectivity index (χ3n) is 3.97. The Balaban J connectivity index is 2.13. The molecule has 1 aromatic heterocycles. The van der Waals surface area contributed by atoms with Crippen LogP contribution in [0.4, 0.5) is 11.5 Å². The van der Waals surface area contributed by atoms with E-state index in [2.05, 4.69) is 15.3 Å². The van der Waals surface area contributed by atoms with Gasteiger partial charge >= 0.3 is 0 Å². The summed E-state index contributed by atoms with van der Waals surface area (Å²) in [6, 6.07) is 9.21. The van der Waals surface area contributed by atoms with Crippen LogP contribution in [0.25, 0.3) is 16.6 Å². The lowest BCUT2D eigenvalue weighted by molar-refractivity contribution is 0.358. The number of hydrogen-bond acceptors (Lipinski definition) is 6. The van der Waals surface area contributed by atoms with Crippen LogP contribution in [0.2, 0.25) is 5.02 Å². The first-order valence-corrected chi connectivity index (χ1v) is 8.19. The summed E-state index contributed by atoms with van der Waals surface area (Å²) in [4.78, 5) is 9.08. The first kappa shape index (κ1) is 15.9. The SMILES string of the molecule is COc1cc2c3c(n(-c4ccc(Cl)cc4)c(=S)nc3c1OC)N=CN2. The lowest BCUT2D eigenvalue weighted by atomic mass is 10.1. The predicted molar refractivity (Wildman–Crippen MR) is 102 cm³/mol. The van der Waals surface area contributed by atoms with Gasteiger partial charge in [-0.25, -0.2) is 9.98 Å². The number of halogens is 1. The number of benzene rings is 2. The van der Waals surface area contributed by atoms with Crippen molar-refractivity contribution in [2.45, 2.75) is 0 Å². The van der Waals surface area contributed by atoms with Crippen molar-refractivity contribution in [1.82, 2.24) is 9.55 Å². The molecule has 3 aromatic rings. The summed E-state index contributed by atoms with van der Waals surface area (Å²) >= 11 is 11.5. The lowest BCUT2D eigenvalue weighted by Gasteiger charge is -2.21. The molecule has 2 aromatic carbocycles. The fraction of sp³-hybridized carbons (Fsp3) is 0.118. The highest BCUT2D eigenvalue weighted by molar-refractivity contribution is 7.71. The van der Waals surface area contributed by atoms with Crippen molar-refractivity contribution in [3.05, 3.63) is 40.1 Å². The summed E-state index contributed by atoms with van der Waals surface area (Å²) < 4.78 is 13.1. The Bertz CT molecular complexity index is 1080. The van der Waals surface area contributed by atoms with Gasteiger partial charge in [0.1, 0.15) is 5.52 Å². The van der Waals surface area contributed by atoms with Crippen LogP contribution in [0.5, 0.6) is 11.5 Å². The average Bonchev–Trinajstić information content (AvgIpc) is 2.62. The highest BCUT2D eigenvalue weighted by Gasteiger charge is 2.22. The number of methoxy groups -OCH3 is 2. The molecule has 0 amide bonds. The van der Waals surface area contributed by atoms with Crippen LogP contribution >= 0.6 is 23.8 Å². The molecule has 2 heterocycles. The quantitative estimate of drug-likeness (QED) is 0.685. The van der Waals surface area contributed by atoms with Crippen LogP contribution in [-0.4, -0.2) is 30.1 Å². The summed E-state index contributed by atoms with van der Waals surface area (Å²) in [6.07, 6.45) is 1.62. The maximum Gasteiger partial charge on any atom is 0.206 e. The maximum absolute atomic E-state index is 6.00. The molecule has 0 saturated heterocycles. The Morgan fingerprint density at radius 1 is 1.16 bits per heavy atom. The van der Waals surface area contributed by atoms with Crippen molar-refractivity contribution in [2.24, 2.45) is 4.99 Å². The molecule has 0 unspecified atom stereocenters. The Kier molecular flexibility index (Phi) is 3.82. The molecule has 6 nitrogen and oxygen atoms in total. The molecule has 0 aliphatic carbocycles. The van der Waals surface area contributed by atoms with Crippen LogP contribution in [0.3, 0.4) is 0 Å². The standard InChI is InChI=1S/C17H13ClN4O2S/c1-23-12-7-11-13-14(15(12)24-2)21-17(25)22(16(13)20-8-19-11)10-5-3-9(18)4-6-10/h3-8H,1-2H3,(H,19,20). The van der Waals surface area contributed by atoms with Crippen LogP contribution in [0.15, 0.2) is 35.3 Å². The van der Waals surface area contributed by atoms with Gasteiger partial charge in [-0.1, -0.05) is 11.6 Å². The fourth-order valence-corrected chi connectivity index (χ4v) is 3.29. The number of ether oxygens (including phenoxy) is 2. The summed E-state index contributed by atoms with van der Waals surface area (Å²) in [7, 11) is 3.16. The molecule has 1 aliphatic rings. The van der Waals surface area contributed by atoms with Gasteiger partial charge in [-0.05, 0) is 36.5 Å². The second-order valence-electron chi connectivity index (χ2n) is 5.32. The molecule has 0 spiro atoms. The van der Waals surface area contributed by atoms with E-state index < -0.39 is 0 Å². The average molecular weight is 373 g/mol. The number of rotatable bonds is 3. The highest BCUT2D eigenvalue weighted by atomic mass is 35.5. The zero-order valence-electron chi connectivity index (χ0n) is 13.4. The Morgan fingerprint density at radius 3 is 2.60 bits per heavy atom. The molecule has 0 bridgehead atoms. The van der Waals surface area contributed by atoms with Crippen molar-refractivity contribution < 1.29 is 9.47 Å². The van der Waals surface area contributed by atoms with Crippen molar-refractivity contribution in [3.8, 4) is 17.2 Å². The molecule has 4 rings (SSSR count). The van der Waals surface area contributed by atoms with Crippen molar-refractivity contribution in [1.29, 1.82) is 0 Å². The number of anilines is 1. The van der Waals surface area contributed by atoms with E-state index in [1.807, 2.05) is 18.2 Å². The highest BCUT2D eigenvalue weighted by Crippen LogP contribution is 2.44. The van der Waals surface area contributed by atoms with E-state index >= 15 is 0 Å². The van der Waals surface area contributed by atoms with E-state index in [4.69, 9.17) is 33.3 Å². The van der Waals surface area contributed by atoms with Gasteiger partial charge in [0.05, 0.1) is 37.3 Å². The Labute approximate surface area is 153 Å². The molecule has 1 N–H and O–H groups in total. The number of aliphatic imine (C=N–C) groups is 1. The van der Waals surface area contributed by atoms with E-state index in [0.29, 0.717) is 32.6 Å². The molecule has 0 saturated carbocycles. The van der Waals surface area contributed by atoms with E-state index in [-0.39, 0.29) is 0 Å². The van der Waals surface area contributed by atoms with Gasteiger partial charge in [0.25, 0.3) is 0 Å². The first-order chi connectivity index (χ1) is 12.1. The third-order valence-corrected chi connectivity index (χ3v) is 4.50. The third kappa shape index (κ3) is 2.43. The molecular formula is C17H13ClN4O2S. The van der Waals surface area contributed by atoms with Gasteiger partial charge in [-0.15, -0.1) is 0 Å². The number of hydrogen-bond donors (Lipinski definition) is 1. The van der Waals surface area contributed by atoms with Crippen molar-refractivity contribution >= 4 is 52.6 Å². The number of aromatic nitrogens is 2. The van der Waals surface area contributed by atoms with E-state index in [1.165, 1.54) is 0 Å². The molecule has 8 heteroatoms. The van der Waals surface area contributed by atoms with Gasteiger partial charge in [0.2, 0.25) is 4.77 Å². The van der Waals surface area contributed by atoms with E-state index in [0.717, 1.165) is 16.8 Å². The fourth-order valence-electron chi connectivity index (χ4n) is 2.88. The molecular weight excluding hydrogens is 360 g/mol. The first-order valence-electron chi connectivity index (χ1n) is 7.41. The molecule has 0 fully saturated rings. The second kappa shape index (κ2) is 6.02. The normalized spacial score (nSPS) is 12.1. The second-order valence-corrected chi connectivity index (χ2v) is 6.12. The van der Waals surface area contributed by atoms with Gasteiger partial charge in [0.15, 0.2) is 17.3 Å². The molecule has 1 aliphatic heterocycles. The van der Waals surface area contributed by atoms with E-state index in [9.17, 15) is 0 Å². The van der Waals surface area contributed by atoms with Crippen molar-refractivity contribution in [3.63, 3.8) is 0 Å². The van der Waals surface area contributed by atoms with Gasteiger partial charge in [-0.3, -0.25) is 4.57 Å². The maximum atomic E-state index is 6.00. The number of nitrogens with zero attached hydrogens (tertiary/aromatic N) is 3. The molecule has 25 heavy (non-hydrogen) atoms. The van der Waals surface area contributed by atoms with Crippen LogP contribution in [0, 0.1) is 4.77 Å². The van der Waals surface area contributed by atoms with Crippen LogP contribution in [0.1, 0.15) is 0 Å². The minimum atomic E-state index is 0.362. The van der Waals surface area contributed by atoms with Gasteiger partial charge < -0.3 is 14.8 Å². The predicted octanol–water partition coefficient (Wildman–Crippen LogP) is 4.51. The van der Waals surface area contributed by atoms with E-state index in [1.54, 1.807) is 37.3 Å². The minimum absolute atomic E-state index is 0.362. The van der Waals surface area contributed by atoms with Crippen LogP contribution in [-0.2, 0) is 0 Å². The van der Waals surface area contributed by atoms with Gasteiger partial charge in [0, 0.05) is 11.1 Å². The number of nitrogens with one attached hydrogen (secondary N) is 1. The summed E-state index contributed by atoms with van der Waals surface area (Å²) in [5.41, 5.74) is 2.26. The topological polar surface area (TPSA) is 60.7 Å². The molecule has 0 atom stereocenters. The summed E-state index contributed by atoms with van der Waals surface area (Å²) in [5.74, 6) is 1.77. The monoisotopic (exact) mass is 372 g/mol. The largest absolute Gasteiger partial charge is 0.493 e. The lowest BCUT2D eigenvalue weighted by Crippen LogP contribution is -2.09. The summed E-state index contributed by atoms with van der Waals surface area (Å²) in [5, 5.41) is 4.58. The molecule has 126 valence electrons. The summed E-state index contributed by atoms with van der Waals surface area (Å²) in [6.45, 7) is 0. The molecule has 0 radical (unpaired) electrons. The van der Waals surface area contributed by atoms with Crippen molar-refractivity contribution in [2.75, 3.05) is 19.5 Å². The van der Waals surface area contributed by atoms with Gasteiger partial charge in [-0.2, -0.15) is 0 Å². The Hall–Kier alpha value is -2.64. The zero-order valence-corrected chi connectivity index (χ0v) is 15.0. The minimum Gasteiger partial charge on any atom is -0.493 e. The zero-order chi connectivity index (χ0) is 17.6. The smallest absolute Gasteiger partial charge is 0.206 e.